The SMILES string of the molecule is COc1ccc(NC(=S)Nc2cccc(Cn3cccn3)c2)c(OC)c1. The molecule has 0 fully saturated rings. The second-order valence-corrected chi connectivity index (χ2v) is 5.96. The van der Waals surface area contributed by atoms with Gasteiger partial charge in [0.1, 0.15) is 11.5 Å². The van der Waals surface area contributed by atoms with Crippen molar-refractivity contribution in [2.45, 2.75) is 6.54 Å². The molecule has 0 saturated heterocycles. The molecule has 1 aromatic heterocycles. The fraction of sp³-hybridized carbons (Fsp3) is 0.158. The molecule has 0 unspecified atom stereocenters. The highest BCUT2D eigenvalue weighted by Gasteiger charge is 2.07. The molecule has 0 spiro atoms. The van der Waals surface area contributed by atoms with E-state index in [4.69, 9.17) is 21.7 Å². The first-order valence-electron chi connectivity index (χ1n) is 8.04. The number of nitrogens with zero attached hydrogens (tertiary/aromatic N) is 2. The number of benzene rings is 2. The van der Waals surface area contributed by atoms with E-state index in [0.29, 0.717) is 17.4 Å². The molecule has 0 aliphatic heterocycles. The lowest BCUT2D eigenvalue weighted by molar-refractivity contribution is 0.395. The summed E-state index contributed by atoms with van der Waals surface area (Å²) in [5, 5.41) is 11.0. The molecular weight excluding hydrogens is 348 g/mol. The van der Waals surface area contributed by atoms with Crippen molar-refractivity contribution in [3.05, 3.63) is 66.5 Å². The number of methoxy groups -OCH3 is 2. The van der Waals surface area contributed by atoms with Crippen molar-refractivity contribution in [2.24, 2.45) is 0 Å². The minimum Gasteiger partial charge on any atom is -0.497 e. The van der Waals surface area contributed by atoms with Gasteiger partial charge in [-0.1, -0.05) is 12.1 Å². The molecular formula is C19H20N4O2S. The Bertz CT molecular complexity index is 881. The van der Waals surface area contributed by atoms with Gasteiger partial charge in [-0.25, -0.2) is 0 Å². The van der Waals surface area contributed by atoms with Gasteiger partial charge in [0.25, 0.3) is 0 Å². The van der Waals surface area contributed by atoms with Gasteiger partial charge in [0, 0.05) is 24.1 Å². The number of anilines is 2. The maximum absolute atomic E-state index is 5.42. The number of nitrogens with one attached hydrogen (secondary N) is 2. The van der Waals surface area contributed by atoms with Crippen LogP contribution in [0.15, 0.2) is 60.9 Å². The molecule has 3 rings (SSSR count). The number of ether oxygens (including phenoxy) is 2. The van der Waals surface area contributed by atoms with Crippen LogP contribution in [0.4, 0.5) is 11.4 Å². The Morgan fingerprint density at radius 3 is 2.69 bits per heavy atom. The van der Waals surface area contributed by atoms with Crippen molar-refractivity contribution in [1.29, 1.82) is 0 Å². The van der Waals surface area contributed by atoms with Crippen molar-refractivity contribution in [3.63, 3.8) is 0 Å². The predicted molar refractivity (Wildman–Crippen MR) is 107 cm³/mol. The van der Waals surface area contributed by atoms with Gasteiger partial charge in [0.2, 0.25) is 0 Å². The molecule has 7 heteroatoms. The summed E-state index contributed by atoms with van der Waals surface area (Å²) in [6, 6.07) is 15.5. The van der Waals surface area contributed by atoms with Crippen molar-refractivity contribution >= 4 is 28.7 Å². The van der Waals surface area contributed by atoms with Crippen LogP contribution in [0.3, 0.4) is 0 Å². The standard InChI is InChI=1S/C19H20N4O2S/c1-24-16-7-8-17(18(12-16)25-2)22-19(26)21-15-6-3-5-14(11-15)13-23-10-4-9-20-23/h3-12H,13H2,1-2H3,(H2,21,22,26). The number of thiocarbonyl (C=S) groups is 1. The van der Waals surface area contributed by atoms with E-state index in [0.717, 1.165) is 22.7 Å². The van der Waals surface area contributed by atoms with Gasteiger partial charge < -0.3 is 20.1 Å². The summed E-state index contributed by atoms with van der Waals surface area (Å²) in [6.07, 6.45) is 3.70. The highest BCUT2D eigenvalue weighted by atomic mass is 32.1. The summed E-state index contributed by atoms with van der Waals surface area (Å²) in [6.45, 7) is 0.703. The zero-order valence-corrected chi connectivity index (χ0v) is 15.4. The summed E-state index contributed by atoms with van der Waals surface area (Å²) >= 11 is 5.42. The van der Waals surface area contributed by atoms with Crippen LogP contribution in [0.25, 0.3) is 0 Å². The van der Waals surface area contributed by atoms with E-state index in [1.807, 2.05) is 47.3 Å². The molecule has 0 bridgehead atoms. The molecule has 0 amide bonds. The Morgan fingerprint density at radius 1 is 1.08 bits per heavy atom. The monoisotopic (exact) mass is 368 g/mol. The molecule has 26 heavy (non-hydrogen) atoms. The molecule has 134 valence electrons. The molecule has 1 heterocycles. The van der Waals surface area contributed by atoms with Crippen LogP contribution in [-0.4, -0.2) is 29.1 Å². The highest BCUT2D eigenvalue weighted by molar-refractivity contribution is 7.80. The minimum absolute atomic E-state index is 0.477. The Morgan fingerprint density at radius 2 is 1.96 bits per heavy atom. The lowest BCUT2D eigenvalue weighted by Gasteiger charge is -2.15. The number of aromatic nitrogens is 2. The van der Waals surface area contributed by atoms with Gasteiger partial charge in [0.05, 0.1) is 26.5 Å². The first-order valence-corrected chi connectivity index (χ1v) is 8.45. The molecule has 0 radical (unpaired) electrons. The number of hydrogen-bond acceptors (Lipinski definition) is 4. The molecule has 0 atom stereocenters. The third-order valence-corrected chi connectivity index (χ3v) is 3.95. The zero-order valence-electron chi connectivity index (χ0n) is 14.6. The van der Waals surface area contributed by atoms with E-state index in [2.05, 4.69) is 21.8 Å². The topological polar surface area (TPSA) is 60.3 Å². The van der Waals surface area contributed by atoms with Gasteiger partial charge in [-0.2, -0.15) is 5.10 Å². The number of rotatable bonds is 6. The lowest BCUT2D eigenvalue weighted by Crippen LogP contribution is -2.19. The summed E-state index contributed by atoms with van der Waals surface area (Å²) < 4.78 is 12.5. The fourth-order valence-electron chi connectivity index (χ4n) is 2.51. The third-order valence-electron chi connectivity index (χ3n) is 3.75. The zero-order chi connectivity index (χ0) is 18.4. The van der Waals surface area contributed by atoms with Crippen LogP contribution in [0, 0.1) is 0 Å². The Kier molecular flexibility index (Phi) is 5.70. The van der Waals surface area contributed by atoms with Gasteiger partial charge in [-0.15, -0.1) is 0 Å². The van der Waals surface area contributed by atoms with Crippen molar-refractivity contribution in [1.82, 2.24) is 9.78 Å². The maximum Gasteiger partial charge on any atom is 0.175 e. The van der Waals surface area contributed by atoms with Gasteiger partial charge in [0.15, 0.2) is 5.11 Å². The second-order valence-electron chi connectivity index (χ2n) is 5.55. The van der Waals surface area contributed by atoms with Crippen LogP contribution in [0.1, 0.15) is 5.56 Å². The van der Waals surface area contributed by atoms with Crippen LogP contribution >= 0.6 is 12.2 Å². The molecule has 2 aromatic carbocycles. The van der Waals surface area contributed by atoms with E-state index in [1.54, 1.807) is 26.5 Å². The molecule has 0 aliphatic rings. The van der Waals surface area contributed by atoms with E-state index in [1.165, 1.54) is 0 Å². The molecule has 2 N–H and O–H groups in total. The average molecular weight is 368 g/mol. The van der Waals surface area contributed by atoms with Gasteiger partial charge in [-0.3, -0.25) is 4.68 Å². The molecule has 6 nitrogen and oxygen atoms in total. The normalized spacial score (nSPS) is 10.2. The van der Waals surface area contributed by atoms with Crippen LogP contribution in [0.2, 0.25) is 0 Å². The van der Waals surface area contributed by atoms with Gasteiger partial charge >= 0.3 is 0 Å². The first-order chi connectivity index (χ1) is 12.7. The Balaban J connectivity index is 1.67. The smallest absolute Gasteiger partial charge is 0.175 e. The second kappa shape index (κ2) is 8.35. The quantitative estimate of drug-likeness (QED) is 0.646. The summed E-state index contributed by atoms with van der Waals surface area (Å²) in [5.74, 6) is 1.37. The summed E-state index contributed by atoms with van der Waals surface area (Å²) in [7, 11) is 3.22. The summed E-state index contributed by atoms with van der Waals surface area (Å²) in [4.78, 5) is 0. The third kappa shape index (κ3) is 4.52. The van der Waals surface area contributed by atoms with Crippen LogP contribution in [-0.2, 0) is 6.54 Å². The molecule has 0 saturated carbocycles. The highest BCUT2D eigenvalue weighted by Crippen LogP contribution is 2.29. The summed E-state index contributed by atoms with van der Waals surface area (Å²) in [5.41, 5.74) is 2.79. The van der Waals surface area contributed by atoms with Crippen LogP contribution in [0.5, 0.6) is 11.5 Å². The van der Waals surface area contributed by atoms with Crippen molar-refractivity contribution < 1.29 is 9.47 Å². The van der Waals surface area contributed by atoms with Crippen molar-refractivity contribution in [2.75, 3.05) is 24.9 Å². The number of hydrogen-bond donors (Lipinski definition) is 2. The average Bonchev–Trinajstić information content (AvgIpc) is 3.15. The van der Waals surface area contributed by atoms with E-state index in [-0.39, 0.29) is 0 Å². The largest absolute Gasteiger partial charge is 0.497 e. The van der Waals surface area contributed by atoms with E-state index in [9.17, 15) is 0 Å². The predicted octanol–water partition coefficient (Wildman–Crippen LogP) is 3.76. The van der Waals surface area contributed by atoms with Crippen molar-refractivity contribution in [3.8, 4) is 11.5 Å². The van der Waals surface area contributed by atoms with E-state index >= 15 is 0 Å². The van der Waals surface area contributed by atoms with E-state index < -0.39 is 0 Å². The van der Waals surface area contributed by atoms with Gasteiger partial charge in [-0.05, 0) is 48.1 Å². The minimum atomic E-state index is 0.477. The fourth-order valence-corrected chi connectivity index (χ4v) is 2.74. The molecule has 3 aromatic rings. The Labute approximate surface area is 157 Å². The first kappa shape index (κ1) is 17.8. The lowest BCUT2D eigenvalue weighted by atomic mass is 10.2. The Hall–Kier alpha value is -3.06. The maximum atomic E-state index is 5.42. The molecule has 0 aliphatic carbocycles. The van der Waals surface area contributed by atoms with Crippen LogP contribution < -0.4 is 20.1 Å².